The summed E-state index contributed by atoms with van der Waals surface area (Å²) in [6, 6.07) is 21.2. The predicted molar refractivity (Wildman–Crippen MR) is 158 cm³/mol. The lowest BCUT2D eigenvalue weighted by Gasteiger charge is -2.34. The summed E-state index contributed by atoms with van der Waals surface area (Å²) < 4.78 is 0. The van der Waals surface area contributed by atoms with E-state index in [9.17, 15) is 14.4 Å². The Kier molecular flexibility index (Phi) is 8.57. The second kappa shape index (κ2) is 12.4. The van der Waals surface area contributed by atoms with Gasteiger partial charge in [0.05, 0.1) is 6.04 Å². The van der Waals surface area contributed by atoms with Crippen molar-refractivity contribution < 1.29 is 14.4 Å². The minimum Gasteiger partial charge on any atom is -0.340 e. The fourth-order valence-electron chi connectivity index (χ4n) is 5.33. The van der Waals surface area contributed by atoms with Gasteiger partial charge in [0.25, 0.3) is 5.91 Å². The molecule has 2 aliphatic rings. The number of amides is 3. The Morgan fingerprint density at radius 2 is 1.57 bits per heavy atom. The third-order valence-electron chi connectivity index (χ3n) is 7.78. The number of benzene rings is 3. The molecule has 2 aliphatic heterocycles. The van der Waals surface area contributed by atoms with Crippen molar-refractivity contribution in [2.24, 2.45) is 0 Å². The molecular formula is C32H37N5O3. The van der Waals surface area contributed by atoms with Crippen LogP contribution in [0.4, 0.5) is 11.4 Å². The Balaban J connectivity index is 1.17. The first-order valence-corrected chi connectivity index (χ1v) is 14.0. The second-order valence-electron chi connectivity index (χ2n) is 10.7. The highest BCUT2D eigenvalue weighted by Gasteiger charge is 2.22. The van der Waals surface area contributed by atoms with Gasteiger partial charge in [-0.1, -0.05) is 30.3 Å². The Morgan fingerprint density at radius 1 is 0.875 bits per heavy atom. The molecule has 0 spiro atoms. The van der Waals surface area contributed by atoms with E-state index in [1.807, 2.05) is 78.6 Å². The summed E-state index contributed by atoms with van der Waals surface area (Å²) in [6.45, 7) is 8.62. The van der Waals surface area contributed by atoms with Gasteiger partial charge in [-0.15, -0.1) is 0 Å². The van der Waals surface area contributed by atoms with Gasteiger partial charge in [0.2, 0.25) is 11.8 Å². The largest absolute Gasteiger partial charge is 0.340 e. The molecule has 3 aromatic rings. The number of anilines is 2. The van der Waals surface area contributed by atoms with Crippen molar-refractivity contribution in [3.63, 3.8) is 0 Å². The molecule has 3 amide bonds. The molecule has 0 radical (unpaired) electrons. The molecule has 208 valence electrons. The zero-order valence-corrected chi connectivity index (χ0v) is 23.2. The average molecular weight is 540 g/mol. The maximum atomic E-state index is 12.9. The molecule has 5 rings (SSSR count). The van der Waals surface area contributed by atoms with Gasteiger partial charge in [-0.3, -0.25) is 19.3 Å². The van der Waals surface area contributed by atoms with Crippen LogP contribution in [0, 0.1) is 6.92 Å². The van der Waals surface area contributed by atoms with Crippen molar-refractivity contribution >= 4 is 29.1 Å². The van der Waals surface area contributed by atoms with Crippen LogP contribution in [0.2, 0.25) is 0 Å². The Hall–Kier alpha value is -4.01. The summed E-state index contributed by atoms with van der Waals surface area (Å²) in [4.78, 5) is 41.2. The minimum atomic E-state index is -0.165. The molecule has 2 saturated heterocycles. The van der Waals surface area contributed by atoms with Gasteiger partial charge >= 0.3 is 0 Å². The molecule has 2 fully saturated rings. The quantitative estimate of drug-likeness (QED) is 0.417. The van der Waals surface area contributed by atoms with Crippen LogP contribution in [-0.2, 0) is 16.1 Å². The molecule has 0 aromatic heterocycles. The average Bonchev–Trinajstić information content (AvgIpc) is 3.51. The van der Waals surface area contributed by atoms with E-state index in [0.717, 1.165) is 80.2 Å². The van der Waals surface area contributed by atoms with E-state index in [4.69, 9.17) is 0 Å². The highest BCUT2D eigenvalue weighted by molar-refractivity contribution is 6.04. The standard InChI is InChI=1S/C32H37N5O3/c1-22-5-12-28(35-32(40)30-4-3-15-33-30)20-29(22)25-8-10-26(11-9-25)31(39)34-27-13-6-24(7-14-27)21-36-16-18-37(19-17-36)23(2)38/h5-14,20,30,33H,3-4,15-19,21H2,1-2H3,(H,34,39)(H,35,40)/t30-/m1/s1. The Bertz CT molecular complexity index is 1360. The SMILES string of the molecule is CC(=O)N1CCN(Cc2ccc(NC(=O)c3ccc(-c4cc(NC(=O)[C@H]5CCCN5)ccc4C)cc3)cc2)CC1. The minimum absolute atomic E-state index is 0.000134. The third kappa shape index (κ3) is 6.76. The number of carbonyl (C=O) groups is 3. The highest BCUT2D eigenvalue weighted by Crippen LogP contribution is 2.27. The van der Waals surface area contributed by atoms with Crippen LogP contribution in [0.3, 0.4) is 0 Å². The lowest BCUT2D eigenvalue weighted by molar-refractivity contribution is -0.130. The number of hydrogen-bond donors (Lipinski definition) is 3. The summed E-state index contributed by atoms with van der Waals surface area (Å²) in [6.07, 6.45) is 1.88. The maximum absolute atomic E-state index is 12.9. The number of piperazine rings is 1. The van der Waals surface area contributed by atoms with E-state index in [2.05, 4.69) is 20.9 Å². The predicted octanol–water partition coefficient (Wildman–Crippen LogP) is 4.27. The van der Waals surface area contributed by atoms with E-state index in [-0.39, 0.29) is 23.8 Å². The van der Waals surface area contributed by atoms with Crippen LogP contribution in [0.5, 0.6) is 0 Å². The van der Waals surface area contributed by atoms with Gasteiger partial charge < -0.3 is 20.9 Å². The van der Waals surface area contributed by atoms with E-state index in [1.165, 1.54) is 5.56 Å². The summed E-state index contributed by atoms with van der Waals surface area (Å²) >= 11 is 0. The van der Waals surface area contributed by atoms with Crippen molar-refractivity contribution in [2.45, 2.75) is 39.3 Å². The third-order valence-corrected chi connectivity index (χ3v) is 7.78. The van der Waals surface area contributed by atoms with Crippen molar-refractivity contribution in [3.05, 3.63) is 83.4 Å². The lowest BCUT2D eigenvalue weighted by atomic mass is 9.98. The van der Waals surface area contributed by atoms with Gasteiger partial charge in [-0.25, -0.2) is 0 Å². The summed E-state index contributed by atoms with van der Waals surface area (Å²) in [5.41, 5.74) is 6.35. The summed E-state index contributed by atoms with van der Waals surface area (Å²) in [5, 5.41) is 9.24. The van der Waals surface area contributed by atoms with Crippen LogP contribution in [0.15, 0.2) is 66.7 Å². The molecule has 2 heterocycles. The molecule has 0 aliphatic carbocycles. The van der Waals surface area contributed by atoms with Crippen LogP contribution in [0.25, 0.3) is 11.1 Å². The number of aryl methyl sites for hydroxylation is 1. The summed E-state index contributed by atoms with van der Waals surface area (Å²) in [7, 11) is 0. The Morgan fingerprint density at radius 3 is 2.23 bits per heavy atom. The first-order valence-electron chi connectivity index (χ1n) is 14.0. The smallest absolute Gasteiger partial charge is 0.255 e. The van der Waals surface area contributed by atoms with Crippen molar-refractivity contribution in [1.29, 1.82) is 0 Å². The topological polar surface area (TPSA) is 93.8 Å². The van der Waals surface area contributed by atoms with Crippen molar-refractivity contribution in [3.8, 4) is 11.1 Å². The normalized spacial score (nSPS) is 17.4. The fraction of sp³-hybridized carbons (Fsp3) is 0.344. The number of nitrogens with one attached hydrogen (secondary N) is 3. The van der Waals surface area contributed by atoms with Crippen LogP contribution in [0.1, 0.15) is 41.3 Å². The summed E-state index contributed by atoms with van der Waals surface area (Å²) in [5.74, 6) is -0.0299. The van der Waals surface area contributed by atoms with Gasteiger partial charge in [0, 0.05) is 56.6 Å². The van der Waals surface area contributed by atoms with Gasteiger partial charge in [-0.05, 0) is 85.0 Å². The molecule has 8 nitrogen and oxygen atoms in total. The second-order valence-corrected chi connectivity index (χ2v) is 10.7. The van der Waals surface area contributed by atoms with Gasteiger partial charge in [0.1, 0.15) is 0 Å². The van der Waals surface area contributed by atoms with E-state index >= 15 is 0 Å². The molecule has 3 N–H and O–H groups in total. The molecule has 3 aromatic carbocycles. The number of rotatable bonds is 7. The number of hydrogen-bond acceptors (Lipinski definition) is 5. The van der Waals surface area contributed by atoms with E-state index in [0.29, 0.717) is 5.56 Å². The van der Waals surface area contributed by atoms with Gasteiger partial charge in [-0.2, -0.15) is 0 Å². The molecule has 8 heteroatoms. The highest BCUT2D eigenvalue weighted by atomic mass is 16.2. The molecule has 1 atom stereocenters. The lowest BCUT2D eigenvalue weighted by Crippen LogP contribution is -2.47. The van der Waals surface area contributed by atoms with E-state index < -0.39 is 0 Å². The van der Waals surface area contributed by atoms with E-state index in [1.54, 1.807) is 6.92 Å². The molecule has 40 heavy (non-hydrogen) atoms. The van der Waals surface area contributed by atoms with Crippen molar-refractivity contribution in [1.82, 2.24) is 15.1 Å². The van der Waals surface area contributed by atoms with Gasteiger partial charge in [0.15, 0.2) is 0 Å². The van der Waals surface area contributed by atoms with Crippen LogP contribution >= 0.6 is 0 Å². The van der Waals surface area contributed by atoms with Crippen LogP contribution < -0.4 is 16.0 Å². The fourth-order valence-corrected chi connectivity index (χ4v) is 5.33. The first-order chi connectivity index (χ1) is 19.4. The first kappa shape index (κ1) is 27.6. The number of nitrogens with zero attached hydrogens (tertiary/aromatic N) is 2. The zero-order chi connectivity index (χ0) is 28.1. The molecular weight excluding hydrogens is 502 g/mol. The maximum Gasteiger partial charge on any atom is 0.255 e. The Labute approximate surface area is 235 Å². The van der Waals surface area contributed by atoms with Crippen LogP contribution in [-0.4, -0.2) is 66.3 Å². The monoisotopic (exact) mass is 539 g/mol. The zero-order valence-electron chi connectivity index (χ0n) is 23.2. The number of carbonyl (C=O) groups excluding carboxylic acids is 3. The molecule has 0 saturated carbocycles. The molecule has 0 unspecified atom stereocenters. The molecule has 0 bridgehead atoms. The van der Waals surface area contributed by atoms with Crippen molar-refractivity contribution in [2.75, 3.05) is 43.4 Å².